The lowest BCUT2D eigenvalue weighted by molar-refractivity contribution is 0.0285. The number of rotatable bonds is 3. The number of ether oxygens (including phenoxy) is 2. The fourth-order valence-corrected chi connectivity index (χ4v) is 2.81. The van der Waals surface area contributed by atoms with Crippen molar-refractivity contribution >= 4 is 0 Å². The Kier molecular flexibility index (Phi) is 3.74. The van der Waals surface area contributed by atoms with Crippen molar-refractivity contribution < 1.29 is 9.47 Å². The zero-order chi connectivity index (χ0) is 13.1. The van der Waals surface area contributed by atoms with E-state index in [1.165, 1.54) is 0 Å². The minimum atomic E-state index is 0.0329. The molecule has 3 heteroatoms. The third kappa shape index (κ3) is 2.61. The highest BCUT2D eigenvalue weighted by Gasteiger charge is 2.31. The molecule has 0 saturated carbocycles. The molecule has 0 spiro atoms. The van der Waals surface area contributed by atoms with Crippen molar-refractivity contribution in [2.24, 2.45) is 0 Å². The van der Waals surface area contributed by atoms with Gasteiger partial charge in [0.25, 0.3) is 0 Å². The van der Waals surface area contributed by atoms with E-state index in [0.29, 0.717) is 6.61 Å². The normalized spacial score (nSPS) is 24.7. The maximum Gasteiger partial charge on any atom is 0.161 e. The van der Waals surface area contributed by atoms with Crippen molar-refractivity contribution in [1.82, 2.24) is 4.90 Å². The molecular formula is C16H20NO2. The minimum absolute atomic E-state index is 0.0329. The molecule has 0 bridgehead atoms. The highest BCUT2D eigenvalue weighted by Crippen LogP contribution is 2.32. The molecule has 19 heavy (non-hydrogen) atoms. The number of hydrogen-bond acceptors (Lipinski definition) is 3. The molecule has 2 atom stereocenters. The summed E-state index contributed by atoms with van der Waals surface area (Å²) < 4.78 is 11.9. The van der Waals surface area contributed by atoms with Gasteiger partial charge in [0, 0.05) is 0 Å². The first-order valence-electron chi connectivity index (χ1n) is 6.95. The molecule has 3 rings (SSSR count). The van der Waals surface area contributed by atoms with E-state index in [0.717, 1.165) is 37.4 Å². The number of hydrogen-bond donors (Lipinski definition) is 0. The van der Waals surface area contributed by atoms with Crippen LogP contribution in [0.1, 0.15) is 12.8 Å². The van der Waals surface area contributed by atoms with E-state index < -0.39 is 0 Å². The lowest BCUT2D eigenvalue weighted by atomic mass is 10.0. The van der Waals surface area contributed by atoms with Gasteiger partial charge in [-0.25, -0.2) is 0 Å². The summed E-state index contributed by atoms with van der Waals surface area (Å²) in [4.78, 5) is 2.44. The molecule has 2 unspecified atom stereocenters. The van der Waals surface area contributed by atoms with E-state index in [9.17, 15) is 0 Å². The zero-order valence-corrected chi connectivity index (χ0v) is 11.1. The van der Waals surface area contributed by atoms with Crippen molar-refractivity contribution in [2.75, 3.05) is 19.7 Å². The average molecular weight is 258 g/mol. The predicted molar refractivity (Wildman–Crippen MR) is 75.4 cm³/mol. The SMILES string of the molecule is C=CC(C1COc2ccccc2O1)N1CC[CH]CC1. The van der Waals surface area contributed by atoms with Crippen LogP contribution in [0.3, 0.4) is 0 Å². The lowest BCUT2D eigenvalue weighted by Gasteiger charge is -2.39. The van der Waals surface area contributed by atoms with E-state index >= 15 is 0 Å². The van der Waals surface area contributed by atoms with Crippen molar-refractivity contribution in [2.45, 2.75) is 25.0 Å². The van der Waals surface area contributed by atoms with Gasteiger partial charge in [0.2, 0.25) is 0 Å². The first-order chi connectivity index (χ1) is 9.38. The molecule has 1 aromatic rings. The van der Waals surface area contributed by atoms with Gasteiger partial charge in [-0.05, 0) is 44.5 Å². The predicted octanol–water partition coefficient (Wildman–Crippen LogP) is 2.68. The molecule has 1 radical (unpaired) electrons. The Hall–Kier alpha value is -1.48. The molecule has 101 valence electrons. The van der Waals surface area contributed by atoms with E-state index in [-0.39, 0.29) is 12.1 Å². The Labute approximate surface area is 114 Å². The molecule has 0 amide bonds. The van der Waals surface area contributed by atoms with Crippen LogP contribution in [0.15, 0.2) is 36.9 Å². The van der Waals surface area contributed by atoms with Crippen LogP contribution in [0.4, 0.5) is 0 Å². The van der Waals surface area contributed by atoms with Gasteiger partial charge in [0.15, 0.2) is 17.6 Å². The summed E-state index contributed by atoms with van der Waals surface area (Å²) in [6.07, 6.45) is 6.67. The quantitative estimate of drug-likeness (QED) is 0.778. The monoisotopic (exact) mass is 258 g/mol. The van der Waals surface area contributed by atoms with Crippen LogP contribution in [0.25, 0.3) is 0 Å². The van der Waals surface area contributed by atoms with E-state index in [2.05, 4.69) is 17.9 Å². The van der Waals surface area contributed by atoms with Crippen LogP contribution in [-0.4, -0.2) is 36.7 Å². The lowest BCUT2D eigenvalue weighted by Crippen LogP contribution is -2.50. The molecule has 2 aliphatic heterocycles. The van der Waals surface area contributed by atoms with Crippen molar-refractivity contribution in [3.8, 4) is 11.5 Å². The second-order valence-corrected chi connectivity index (χ2v) is 5.04. The maximum atomic E-state index is 6.09. The van der Waals surface area contributed by atoms with Crippen molar-refractivity contribution in [1.29, 1.82) is 0 Å². The Morgan fingerprint density at radius 3 is 2.68 bits per heavy atom. The molecule has 1 saturated heterocycles. The number of benzene rings is 1. The number of piperidine rings is 1. The topological polar surface area (TPSA) is 21.7 Å². The maximum absolute atomic E-state index is 6.09. The van der Waals surface area contributed by atoms with Crippen LogP contribution in [0.5, 0.6) is 11.5 Å². The molecule has 2 heterocycles. The number of fused-ring (bicyclic) bond motifs is 1. The van der Waals surface area contributed by atoms with Gasteiger partial charge in [-0.2, -0.15) is 0 Å². The highest BCUT2D eigenvalue weighted by molar-refractivity contribution is 5.41. The van der Waals surface area contributed by atoms with Crippen molar-refractivity contribution in [3.05, 3.63) is 43.3 Å². The van der Waals surface area contributed by atoms with Crippen LogP contribution in [0.2, 0.25) is 0 Å². The largest absolute Gasteiger partial charge is 0.486 e. The van der Waals surface area contributed by atoms with Crippen LogP contribution in [0, 0.1) is 6.42 Å². The summed E-state index contributed by atoms with van der Waals surface area (Å²) in [5.41, 5.74) is 0. The van der Waals surface area contributed by atoms with Gasteiger partial charge in [0.1, 0.15) is 6.61 Å². The van der Waals surface area contributed by atoms with Crippen LogP contribution in [-0.2, 0) is 0 Å². The number of likely N-dealkylation sites (tertiary alicyclic amines) is 1. The van der Waals surface area contributed by atoms with E-state index in [4.69, 9.17) is 9.47 Å². The molecule has 0 N–H and O–H groups in total. The van der Waals surface area contributed by atoms with Gasteiger partial charge in [0.05, 0.1) is 6.04 Å². The van der Waals surface area contributed by atoms with Gasteiger partial charge < -0.3 is 9.47 Å². The first kappa shape index (κ1) is 12.5. The Bertz CT molecular complexity index is 440. The summed E-state index contributed by atoms with van der Waals surface area (Å²) >= 11 is 0. The summed E-state index contributed by atoms with van der Waals surface area (Å²) in [5.74, 6) is 1.68. The van der Waals surface area contributed by atoms with Gasteiger partial charge in [-0.15, -0.1) is 6.58 Å². The molecule has 1 fully saturated rings. The molecular weight excluding hydrogens is 238 g/mol. The Morgan fingerprint density at radius 2 is 1.95 bits per heavy atom. The van der Waals surface area contributed by atoms with Crippen molar-refractivity contribution in [3.63, 3.8) is 0 Å². The van der Waals surface area contributed by atoms with Gasteiger partial charge >= 0.3 is 0 Å². The second-order valence-electron chi connectivity index (χ2n) is 5.04. The number of para-hydroxylation sites is 2. The standard InChI is InChI=1S/C16H20NO2/c1-2-13(17-10-6-3-7-11-17)16-12-18-14-8-4-5-9-15(14)19-16/h2-5,8-9,13,16H,1,6-7,10-12H2. The zero-order valence-electron chi connectivity index (χ0n) is 11.1. The van der Waals surface area contributed by atoms with Gasteiger partial charge in [-0.3, -0.25) is 4.90 Å². The summed E-state index contributed by atoms with van der Waals surface area (Å²) in [6.45, 7) is 6.73. The second kappa shape index (κ2) is 5.66. The molecule has 2 aliphatic rings. The average Bonchev–Trinajstić information content (AvgIpc) is 2.49. The van der Waals surface area contributed by atoms with Crippen LogP contribution < -0.4 is 9.47 Å². The smallest absolute Gasteiger partial charge is 0.161 e. The minimum Gasteiger partial charge on any atom is -0.486 e. The summed E-state index contributed by atoms with van der Waals surface area (Å²) in [7, 11) is 0. The summed E-state index contributed by atoms with van der Waals surface area (Å²) in [6, 6.07) is 8.08. The number of nitrogens with zero attached hydrogens (tertiary/aromatic N) is 1. The van der Waals surface area contributed by atoms with Gasteiger partial charge in [-0.1, -0.05) is 18.2 Å². The third-order valence-corrected chi connectivity index (χ3v) is 3.82. The summed E-state index contributed by atoms with van der Waals surface area (Å²) in [5, 5.41) is 0. The fourth-order valence-electron chi connectivity index (χ4n) is 2.81. The molecule has 0 aliphatic carbocycles. The van der Waals surface area contributed by atoms with E-state index in [1.54, 1.807) is 0 Å². The Balaban J connectivity index is 1.73. The third-order valence-electron chi connectivity index (χ3n) is 3.82. The fraction of sp³-hybridized carbons (Fsp3) is 0.438. The van der Waals surface area contributed by atoms with E-state index in [1.807, 2.05) is 30.3 Å². The molecule has 1 aromatic carbocycles. The van der Waals surface area contributed by atoms with Crippen LogP contribution >= 0.6 is 0 Å². The highest BCUT2D eigenvalue weighted by atomic mass is 16.6. The Morgan fingerprint density at radius 1 is 1.21 bits per heavy atom. The molecule has 0 aromatic heterocycles. The first-order valence-corrected chi connectivity index (χ1v) is 6.95. The molecule has 3 nitrogen and oxygen atoms in total.